The third-order valence-electron chi connectivity index (χ3n) is 7.30. The van der Waals surface area contributed by atoms with Crippen molar-refractivity contribution >= 4 is 68.1 Å². The molecule has 38 heavy (non-hydrogen) atoms. The molecule has 0 radical (unpaired) electrons. The molecule has 4 heterocycles. The highest BCUT2D eigenvalue weighted by atomic mass is 79.9. The van der Waals surface area contributed by atoms with E-state index in [-0.39, 0.29) is 75.2 Å². The predicted molar refractivity (Wildman–Crippen MR) is 163 cm³/mol. The highest BCUT2D eigenvalue weighted by Crippen LogP contribution is 2.21. The van der Waals surface area contributed by atoms with Crippen LogP contribution in [0.15, 0.2) is 9.59 Å². The van der Waals surface area contributed by atoms with Crippen molar-refractivity contribution in [3.8, 4) is 0 Å². The number of imidazole rings is 1. The van der Waals surface area contributed by atoms with Gasteiger partial charge in [-0.3, -0.25) is 23.6 Å². The summed E-state index contributed by atoms with van der Waals surface area (Å²) in [7, 11) is 1.70. The zero-order chi connectivity index (χ0) is 24.8. The van der Waals surface area contributed by atoms with E-state index < -0.39 is 5.97 Å². The number of carboxylic acids is 1. The van der Waals surface area contributed by atoms with Gasteiger partial charge in [-0.2, -0.15) is 0 Å². The summed E-state index contributed by atoms with van der Waals surface area (Å²) in [5, 5.41) is 12.3. The van der Waals surface area contributed by atoms with E-state index in [4.69, 9.17) is 14.8 Å². The molecule has 0 bridgehead atoms. The Morgan fingerprint density at radius 3 is 2.37 bits per heavy atom. The van der Waals surface area contributed by atoms with Gasteiger partial charge in [-0.25, -0.2) is 9.78 Å². The fraction of sp³-hybridized carbons (Fsp3) is 0.750. The molecular formula is C24H41Br3N6O5. The lowest BCUT2D eigenvalue weighted by molar-refractivity contribution is -0.137. The highest BCUT2D eigenvalue weighted by molar-refractivity contribution is 8.93. The van der Waals surface area contributed by atoms with Crippen LogP contribution in [0.3, 0.4) is 0 Å². The number of morpholine rings is 1. The minimum atomic E-state index is -0.877. The van der Waals surface area contributed by atoms with Gasteiger partial charge in [0, 0.05) is 52.6 Å². The van der Waals surface area contributed by atoms with E-state index in [1.54, 1.807) is 7.05 Å². The number of unbranched alkanes of at least 4 members (excludes halogenated alkanes) is 1. The van der Waals surface area contributed by atoms with Crippen molar-refractivity contribution in [3.05, 3.63) is 26.7 Å². The number of aryl methyl sites for hydroxylation is 2. The minimum Gasteiger partial charge on any atom is -0.481 e. The lowest BCUT2D eigenvalue weighted by Crippen LogP contribution is -2.40. The zero-order valence-corrected chi connectivity index (χ0v) is 27.1. The molecule has 0 aliphatic carbocycles. The van der Waals surface area contributed by atoms with Crippen LogP contribution in [-0.2, 0) is 36.1 Å². The Bertz CT molecular complexity index is 1140. The van der Waals surface area contributed by atoms with E-state index in [1.165, 1.54) is 9.13 Å². The lowest BCUT2D eigenvalue weighted by atomic mass is 9.93. The van der Waals surface area contributed by atoms with E-state index in [2.05, 4.69) is 14.8 Å². The van der Waals surface area contributed by atoms with Gasteiger partial charge in [-0.05, 0) is 51.1 Å². The number of ether oxygens (including phenoxy) is 1. The second-order valence-electron chi connectivity index (χ2n) is 9.69. The number of rotatable bonds is 11. The molecule has 2 saturated heterocycles. The van der Waals surface area contributed by atoms with Crippen molar-refractivity contribution in [1.29, 1.82) is 0 Å². The van der Waals surface area contributed by atoms with Crippen LogP contribution in [0.2, 0.25) is 0 Å². The molecule has 2 aliphatic heterocycles. The molecule has 0 aromatic carbocycles. The molecule has 11 nitrogen and oxygen atoms in total. The van der Waals surface area contributed by atoms with E-state index >= 15 is 0 Å². The average Bonchev–Trinajstić information content (AvgIpc) is 3.24. The highest BCUT2D eigenvalue weighted by Gasteiger charge is 2.22. The third kappa shape index (κ3) is 8.72. The summed E-state index contributed by atoms with van der Waals surface area (Å²) in [4.78, 5) is 44.4. The van der Waals surface area contributed by atoms with Gasteiger partial charge in [0.05, 0.1) is 13.2 Å². The van der Waals surface area contributed by atoms with E-state index in [0.717, 1.165) is 77.4 Å². The van der Waals surface area contributed by atoms with Gasteiger partial charge >= 0.3 is 11.7 Å². The van der Waals surface area contributed by atoms with Gasteiger partial charge in [-0.1, -0.05) is 0 Å². The summed E-state index contributed by atoms with van der Waals surface area (Å²) in [5.41, 5.74) is 0.143. The first-order valence-electron chi connectivity index (χ1n) is 12.9. The van der Waals surface area contributed by atoms with Crippen LogP contribution in [0.1, 0.15) is 44.3 Å². The average molecular weight is 733 g/mol. The molecule has 2 N–H and O–H groups in total. The largest absolute Gasteiger partial charge is 0.481 e. The summed E-state index contributed by atoms with van der Waals surface area (Å²) in [6.07, 6.45) is 4.97. The SMILES string of the molecule is Br.Br.Br.Cn1c(=O)n(CCCCC(=O)O)c(=O)c2nc(CCC3CCNCC3)n(CCN3CCOCC3)c21. The molecule has 0 saturated carbocycles. The molecule has 0 atom stereocenters. The summed E-state index contributed by atoms with van der Waals surface area (Å²) in [6, 6.07) is 0. The molecule has 4 rings (SSSR count). The lowest BCUT2D eigenvalue weighted by Gasteiger charge is -2.27. The number of aliphatic carboxylic acids is 1. The molecule has 0 amide bonds. The minimum absolute atomic E-state index is 0. The smallest absolute Gasteiger partial charge is 0.332 e. The Labute approximate surface area is 254 Å². The number of hydrogen-bond donors (Lipinski definition) is 2. The van der Waals surface area contributed by atoms with Gasteiger partial charge in [0.1, 0.15) is 11.5 Å². The summed E-state index contributed by atoms with van der Waals surface area (Å²) < 4.78 is 10.3. The Morgan fingerprint density at radius 1 is 1.03 bits per heavy atom. The maximum absolute atomic E-state index is 13.3. The predicted octanol–water partition coefficient (Wildman–Crippen LogP) is 2.15. The van der Waals surface area contributed by atoms with Gasteiger partial charge < -0.3 is 19.7 Å². The Balaban J connectivity index is 0.00000241. The Hall–Kier alpha value is -1.06. The quantitative estimate of drug-likeness (QED) is 0.337. The van der Waals surface area contributed by atoms with Crippen molar-refractivity contribution in [1.82, 2.24) is 28.9 Å². The number of carbonyl (C=O) groups is 1. The van der Waals surface area contributed by atoms with Crippen molar-refractivity contribution in [2.24, 2.45) is 13.0 Å². The van der Waals surface area contributed by atoms with Crippen LogP contribution >= 0.6 is 50.9 Å². The molecule has 2 fully saturated rings. The fourth-order valence-electron chi connectivity index (χ4n) is 5.20. The third-order valence-corrected chi connectivity index (χ3v) is 7.30. The second-order valence-corrected chi connectivity index (χ2v) is 9.69. The van der Waals surface area contributed by atoms with Gasteiger partial charge in [-0.15, -0.1) is 50.9 Å². The summed E-state index contributed by atoms with van der Waals surface area (Å²) in [6.45, 7) is 6.93. The van der Waals surface area contributed by atoms with Crippen molar-refractivity contribution < 1.29 is 14.6 Å². The topological polar surface area (TPSA) is 124 Å². The van der Waals surface area contributed by atoms with Crippen molar-refractivity contribution in [2.75, 3.05) is 45.9 Å². The normalized spacial score (nSPS) is 16.4. The number of fused-ring (bicyclic) bond motifs is 1. The number of halogens is 3. The van der Waals surface area contributed by atoms with Crippen LogP contribution in [0.25, 0.3) is 11.2 Å². The fourth-order valence-corrected chi connectivity index (χ4v) is 5.20. The number of aromatic nitrogens is 4. The standard InChI is InChI=1S/C24H38N6O5.3BrH/c1-27-22-21(23(33)30(24(27)34)11-3-2-4-20(31)32)26-19(6-5-18-7-9-25-10-8-18)29(22)13-12-28-14-16-35-17-15-28;;;/h18,25H,2-17H2,1H3,(H,31,32);3*1H. The van der Waals surface area contributed by atoms with Crippen LogP contribution in [-0.4, -0.2) is 80.6 Å². The van der Waals surface area contributed by atoms with Crippen molar-refractivity contribution in [2.45, 2.75) is 58.0 Å². The number of piperidine rings is 1. The number of hydrogen-bond acceptors (Lipinski definition) is 7. The molecule has 218 valence electrons. The first kappa shape index (κ1) is 35.0. The maximum Gasteiger partial charge on any atom is 0.332 e. The number of nitrogens with one attached hydrogen (secondary N) is 1. The van der Waals surface area contributed by atoms with E-state index in [0.29, 0.717) is 36.5 Å². The Kier molecular flexibility index (Phi) is 15.6. The van der Waals surface area contributed by atoms with E-state index in [1.807, 2.05) is 0 Å². The molecular weight excluding hydrogens is 692 g/mol. The molecule has 0 spiro atoms. The van der Waals surface area contributed by atoms with E-state index in [9.17, 15) is 14.4 Å². The number of carboxylic acid groups (broad SMARTS) is 1. The Morgan fingerprint density at radius 2 is 1.71 bits per heavy atom. The summed E-state index contributed by atoms with van der Waals surface area (Å²) in [5.74, 6) is 0.624. The van der Waals surface area contributed by atoms with Crippen molar-refractivity contribution in [3.63, 3.8) is 0 Å². The second kappa shape index (κ2) is 16.9. The van der Waals surface area contributed by atoms with Gasteiger partial charge in [0.2, 0.25) is 0 Å². The maximum atomic E-state index is 13.3. The van der Waals surface area contributed by atoms with Crippen LogP contribution in [0, 0.1) is 5.92 Å². The van der Waals surface area contributed by atoms with Gasteiger partial charge in [0.25, 0.3) is 5.56 Å². The first-order chi connectivity index (χ1) is 17.0. The molecule has 14 heteroatoms. The summed E-state index contributed by atoms with van der Waals surface area (Å²) >= 11 is 0. The zero-order valence-electron chi connectivity index (χ0n) is 21.9. The first-order valence-corrected chi connectivity index (χ1v) is 12.9. The van der Waals surface area contributed by atoms with Crippen LogP contribution in [0.4, 0.5) is 0 Å². The van der Waals surface area contributed by atoms with Crippen LogP contribution < -0.4 is 16.6 Å². The number of nitrogens with zero attached hydrogens (tertiary/aromatic N) is 5. The monoisotopic (exact) mass is 730 g/mol. The molecule has 2 aromatic rings. The molecule has 0 unspecified atom stereocenters. The molecule has 2 aromatic heterocycles. The van der Waals surface area contributed by atoms with Gasteiger partial charge in [0.15, 0.2) is 5.52 Å². The molecule has 2 aliphatic rings. The van der Waals surface area contributed by atoms with Crippen LogP contribution in [0.5, 0.6) is 0 Å².